The van der Waals surface area contributed by atoms with Gasteiger partial charge in [-0.2, -0.15) is 5.10 Å². The molecule has 8 heteroatoms. The van der Waals surface area contributed by atoms with Crippen molar-refractivity contribution in [1.82, 2.24) is 19.6 Å². The van der Waals surface area contributed by atoms with Crippen LogP contribution >= 0.6 is 0 Å². The zero-order valence-electron chi connectivity index (χ0n) is 16.9. The maximum Gasteiger partial charge on any atom is 0.284 e. The van der Waals surface area contributed by atoms with Crippen molar-refractivity contribution in [3.05, 3.63) is 69.4 Å². The third-order valence-corrected chi connectivity index (χ3v) is 6.77. The first-order valence-corrected chi connectivity index (χ1v) is 10.7. The van der Waals surface area contributed by atoms with Gasteiger partial charge >= 0.3 is 0 Å². The van der Waals surface area contributed by atoms with E-state index in [2.05, 4.69) is 14.9 Å². The predicted octanol–water partition coefficient (Wildman–Crippen LogP) is 3.70. The van der Waals surface area contributed by atoms with E-state index < -0.39 is 0 Å². The Morgan fingerprint density at radius 3 is 2.50 bits per heavy atom. The molecule has 30 heavy (non-hydrogen) atoms. The highest BCUT2D eigenvalue weighted by atomic mass is 19.1. The van der Waals surface area contributed by atoms with Gasteiger partial charge in [-0.05, 0) is 38.2 Å². The van der Waals surface area contributed by atoms with Gasteiger partial charge in [0.05, 0.1) is 30.9 Å². The van der Waals surface area contributed by atoms with Gasteiger partial charge in [-0.1, -0.05) is 24.6 Å². The minimum absolute atomic E-state index is 0.222. The van der Waals surface area contributed by atoms with Gasteiger partial charge in [0.15, 0.2) is 0 Å². The normalized spacial score (nSPS) is 20.9. The van der Waals surface area contributed by atoms with E-state index in [9.17, 15) is 14.5 Å². The molecule has 2 fully saturated rings. The Hall–Kier alpha value is -2.74. The molecule has 1 aromatic carbocycles. The third-order valence-electron chi connectivity index (χ3n) is 6.77. The molecule has 1 aromatic heterocycles. The van der Waals surface area contributed by atoms with Gasteiger partial charge < -0.3 is 4.90 Å². The Balaban J connectivity index is 1.48. The number of halogens is 1. The summed E-state index contributed by atoms with van der Waals surface area (Å²) in [5.41, 5.74) is 2.25. The van der Waals surface area contributed by atoms with Gasteiger partial charge in [0.2, 0.25) is 0 Å². The van der Waals surface area contributed by atoms with Crippen molar-refractivity contribution in [2.45, 2.75) is 57.2 Å². The summed E-state index contributed by atoms with van der Waals surface area (Å²) in [5, 5.41) is 16.4. The molecule has 0 atom stereocenters. The number of rotatable bonds is 6. The van der Waals surface area contributed by atoms with Crippen LogP contribution in [0.2, 0.25) is 0 Å². The van der Waals surface area contributed by atoms with Crippen LogP contribution < -0.4 is 0 Å². The predicted molar refractivity (Wildman–Crippen MR) is 110 cm³/mol. The summed E-state index contributed by atoms with van der Waals surface area (Å²) >= 11 is 0. The molecule has 0 bridgehead atoms. The number of nitro groups is 1. The second kappa shape index (κ2) is 7.83. The molecule has 7 nitrogen and oxygen atoms in total. The fourth-order valence-corrected chi connectivity index (χ4v) is 4.59. The first-order chi connectivity index (χ1) is 14.6. The minimum atomic E-state index is -0.273. The molecule has 5 rings (SSSR count). The number of aromatic nitrogens is 2. The van der Waals surface area contributed by atoms with Gasteiger partial charge in [-0.25, -0.2) is 4.39 Å². The van der Waals surface area contributed by atoms with Gasteiger partial charge in [0.25, 0.3) is 5.70 Å². The fourth-order valence-electron chi connectivity index (χ4n) is 4.59. The second-order valence-corrected chi connectivity index (χ2v) is 8.60. The highest BCUT2D eigenvalue weighted by Crippen LogP contribution is 2.38. The van der Waals surface area contributed by atoms with E-state index in [1.54, 1.807) is 29.1 Å². The topological polar surface area (TPSA) is 67.4 Å². The Morgan fingerprint density at radius 1 is 1.13 bits per heavy atom. The minimum Gasteiger partial charge on any atom is -0.350 e. The zero-order valence-corrected chi connectivity index (χ0v) is 16.9. The summed E-state index contributed by atoms with van der Waals surface area (Å²) in [4.78, 5) is 16.3. The quantitative estimate of drug-likeness (QED) is 0.536. The molecule has 3 aliphatic rings. The van der Waals surface area contributed by atoms with Crippen molar-refractivity contribution in [1.29, 1.82) is 0 Å². The van der Waals surface area contributed by atoms with E-state index in [1.807, 2.05) is 6.20 Å². The lowest BCUT2D eigenvalue weighted by Crippen LogP contribution is -2.54. The molecular weight excluding hydrogens is 385 g/mol. The average molecular weight is 411 g/mol. The van der Waals surface area contributed by atoms with Crippen molar-refractivity contribution in [3.8, 4) is 0 Å². The van der Waals surface area contributed by atoms with Gasteiger partial charge in [-0.15, -0.1) is 0 Å². The van der Waals surface area contributed by atoms with E-state index in [0.29, 0.717) is 36.4 Å². The number of hydrogen-bond acceptors (Lipinski definition) is 5. The molecule has 2 saturated carbocycles. The smallest absolute Gasteiger partial charge is 0.284 e. The highest BCUT2D eigenvalue weighted by molar-refractivity contribution is 5.66. The number of benzene rings is 1. The van der Waals surface area contributed by atoms with Gasteiger partial charge in [0, 0.05) is 29.4 Å². The maximum absolute atomic E-state index is 14.0. The van der Waals surface area contributed by atoms with Crippen molar-refractivity contribution < 1.29 is 9.31 Å². The SMILES string of the molecule is O=[N+]([O-])C1=C(c2cnn(Cc3ccccc3F)c2)N(C2CCC2)CN(C2CCC2)C1. The average Bonchev–Trinajstić information content (AvgIpc) is 3.08. The first-order valence-electron chi connectivity index (χ1n) is 10.7. The van der Waals surface area contributed by atoms with E-state index >= 15 is 0 Å². The molecule has 0 N–H and O–H groups in total. The zero-order chi connectivity index (χ0) is 20.7. The Kier molecular flexibility index (Phi) is 5.02. The van der Waals surface area contributed by atoms with Crippen molar-refractivity contribution >= 4 is 5.70 Å². The van der Waals surface area contributed by atoms with Crippen LogP contribution in [0, 0.1) is 15.9 Å². The van der Waals surface area contributed by atoms with Crippen LogP contribution in [0.3, 0.4) is 0 Å². The molecule has 1 aliphatic heterocycles. The van der Waals surface area contributed by atoms with Gasteiger partial charge in [-0.3, -0.25) is 19.7 Å². The van der Waals surface area contributed by atoms with E-state index in [4.69, 9.17) is 0 Å². The third kappa shape index (κ3) is 3.49. The number of nitrogens with zero attached hydrogens (tertiary/aromatic N) is 5. The van der Waals surface area contributed by atoms with Crippen LogP contribution in [-0.2, 0) is 6.54 Å². The standard InChI is InChI=1S/C22H26FN5O2/c23-20-10-2-1-5-16(20)12-26-13-17(11-24-26)22-21(28(29)30)14-25(18-6-3-7-18)15-27(22)19-8-4-9-19/h1-2,5,10-11,13,18-19H,3-4,6-9,12,14-15H2. The van der Waals surface area contributed by atoms with E-state index in [-0.39, 0.29) is 16.4 Å². The molecule has 0 radical (unpaired) electrons. The molecule has 158 valence electrons. The van der Waals surface area contributed by atoms with Crippen LogP contribution in [0.15, 0.2) is 42.4 Å². The van der Waals surface area contributed by atoms with Crippen LogP contribution in [0.25, 0.3) is 5.70 Å². The summed E-state index contributed by atoms with van der Waals surface area (Å²) in [6.07, 6.45) is 10.3. The van der Waals surface area contributed by atoms with Crippen molar-refractivity contribution in [3.63, 3.8) is 0 Å². The van der Waals surface area contributed by atoms with E-state index in [1.165, 1.54) is 12.5 Å². The van der Waals surface area contributed by atoms with Crippen LogP contribution in [0.5, 0.6) is 0 Å². The molecule has 0 amide bonds. The summed E-state index contributed by atoms with van der Waals surface area (Å²) in [7, 11) is 0. The van der Waals surface area contributed by atoms with Crippen molar-refractivity contribution in [2.24, 2.45) is 0 Å². The van der Waals surface area contributed by atoms with Crippen molar-refractivity contribution in [2.75, 3.05) is 13.2 Å². The Bertz CT molecular complexity index is 979. The molecule has 0 saturated heterocycles. The monoisotopic (exact) mass is 411 g/mol. The molecule has 0 unspecified atom stereocenters. The number of hydrogen-bond donors (Lipinski definition) is 0. The summed E-state index contributed by atoms with van der Waals surface area (Å²) in [5.74, 6) is -0.273. The molecular formula is C22H26FN5O2. The summed E-state index contributed by atoms with van der Waals surface area (Å²) < 4.78 is 15.7. The lowest BCUT2D eigenvalue weighted by molar-refractivity contribution is -0.430. The molecule has 2 aliphatic carbocycles. The van der Waals surface area contributed by atoms with Gasteiger partial charge in [0.1, 0.15) is 11.5 Å². The lowest BCUT2D eigenvalue weighted by Gasteiger charge is -2.48. The maximum atomic E-state index is 14.0. The van der Waals surface area contributed by atoms with Crippen LogP contribution in [-0.4, -0.2) is 49.8 Å². The van der Waals surface area contributed by atoms with Crippen LogP contribution in [0.1, 0.15) is 49.7 Å². The fraction of sp³-hybridized carbons (Fsp3) is 0.500. The van der Waals surface area contributed by atoms with Crippen LogP contribution in [0.4, 0.5) is 4.39 Å². The largest absolute Gasteiger partial charge is 0.350 e. The summed E-state index contributed by atoms with van der Waals surface area (Å²) in [6.45, 7) is 1.40. The first kappa shape index (κ1) is 19.2. The molecule has 2 aromatic rings. The highest BCUT2D eigenvalue weighted by Gasteiger charge is 2.41. The Labute approximate surface area is 174 Å². The Morgan fingerprint density at radius 2 is 1.87 bits per heavy atom. The molecule has 0 spiro atoms. The second-order valence-electron chi connectivity index (χ2n) is 8.60. The lowest BCUT2D eigenvalue weighted by atomic mass is 9.88. The van der Waals surface area contributed by atoms with E-state index in [0.717, 1.165) is 44.3 Å². The summed E-state index contributed by atoms with van der Waals surface area (Å²) in [6, 6.07) is 7.41. The molecule has 2 heterocycles.